The Morgan fingerprint density at radius 1 is 1.34 bits per heavy atom. The monoisotopic (exact) mass is 439 g/mol. The van der Waals surface area contributed by atoms with Crippen LogP contribution >= 0.6 is 0 Å². The molecule has 32 heavy (non-hydrogen) atoms. The van der Waals surface area contributed by atoms with Crippen LogP contribution in [0.1, 0.15) is 31.1 Å². The minimum atomic E-state index is -1.33. The summed E-state index contributed by atoms with van der Waals surface area (Å²) in [5, 5.41) is 27.2. The summed E-state index contributed by atoms with van der Waals surface area (Å²) >= 11 is 0. The predicted octanol–water partition coefficient (Wildman–Crippen LogP) is 2.74. The first-order valence-electron chi connectivity index (χ1n) is 10.7. The molecular formula is C23H29N5O4. The molecule has 0 bridgehead atoms. The van der Waals surface area contributed by atoms with Crippen LogP contribution < -0.4 is 26.0 Å². The number of nitrogen functional groups attached to an aromatic ring is 1. The smallest absolute Gasteiger partial charge is 0.336 e. The van der Waals surface area contributed by atoms with Gasteiger partial charge in [-0.2, -0.15) is 0 Å². The molecule has 0 saturated carbocycles. The van der Waals surface area contributed by atoms with Crippen molar-refractivity contribution in [2.45, 2.75) is 32.9 Å². The Morgan fingerprint density at radius 3 is 2.75 bits per heavy atom. The summed E-state index contributed by atoms with van der Waals surface area (Å²) in [6.07, 6.45) is 1.92. The number of aromatic nitrogens is 1. The molecule has 9 heteroatoms. The van der Waals surface area contributed by atoms with Crippen molar-refractivity contribution in [1.82, 2.24) is 4.98 Å². The number of hydrogen-bond acceptors (Lipinski definition) is 8. The van der Waals surface area contributed by atoms with Crippen LogP contribution in [0, 0.1) is 12.8 Å². The summed E-state index contributed by atoms with van der Waals surface area (Å²) in [6.45, 7) is 7.55. The number of benzene rings is 1. The Hall–Kier alpha value is -3.46. The fourth-order valence-corrected chi connectivity index (χ4v) is 4.24. The summed E-state index contributed by atoms with van der Waals surface area (Å²) in [6, 6.07) is 5.59. The van der Waals surface area contributed by atoms with Gasteiger partial charge < -0.3 is 36.2 Å². The van der Waals surface area contributed by atoms with Crippen LogP contribution in [-0.4, -0.2) is 46.9 Å². The van der Waals surface area contributed by atoms with Gasteiger partial charge in [-0.1, -0.05) is 19.9 Å². The number of hydrogen-bond donors (Lipinski definition) is 5. The topological polar surface area (TPSA) is 133 Å². The van der Waals surface area contributed by atoms with Crippen LogP contribution in [0.3, 0.4) is 0 Å². The number of nitrogens with zero attached hydrogens (tertiary/aromatic N) is 2. The third-order valence-electron chi connectivity index (χ3n) is 6.04. The van der Waals surface area contributed by atoms with Gasteiger partial charge in [0.1, 0.15) is 18.5 Å². The van der Waals surface area contributed by atoms with E-state index < -0.39 is 12.1 Å². The van der Waals surface area contributed by atoms with E-state index in [-0.39, 0.29) is 17.5 Å². The summed E-state index contributed by atoms with van der Waals surface area (Å²) in [5.74, 6) is 0.396. The number of aliphatic carboxylic acids is 1. The third-order valence-corrected chi connectivity index (χ3v) is 6.04. The first-order chi connectivity index (χ1) is 15.3. The van der Waals surface area contributed by atoms with Crippen LogP contribution in [0.15, 0.2) is 36.2 Å². The van der Waals surface area contributed by atoms with Crippen molar-refractivity contribution >= 4 is 28.8 Å². The van der Waals surface area contributed by atoms with E-state index in [1.807, 2.05) is 30.0 Å². The van der Waals surface area contributed by atoms with E-state index in [0.717, 1.165) is 11.5 Å². The number of pyridine rings is 1. The number of aliphatic hydroxyl groups is 1. The highest BCUT2D eigenvalue weighted by Gasteiger charge is 2.41. The van der Waals surface area contributed by atoms with Gasteiger partial charge in [0.2, 0.25) is 0 Å². The number of aliphatic hydroxyl groups excluding tert-OH is 1. The molecule has 0 fully saturated rings. The van der Waals surface area contributed by atoms with Crippen LogP contribution in [0.2, 0.25) is 0 Å². The molecular weight excluding hydrogens is 410 g/mol. The van der Waals surface area contributed by atoms with Gasteiger partial charge in [0, 0.05) is 36.7 Å². The number of carboxylic acids is 1. The van der Waals surface area contributed by atoms with Crippen molar-refractivity contribution in [3.63, 3.8) is 0 Å². The van der Waals surface area contributed by atoms with Gasteiger partial charge in [0.25, 0.3) is 0 Å². The molecule has 4 rings (SSSR count). The molecule has 0 aliphatic carbocycles. The zero-order chi connectivity index (χ0) is 23.0. The number of ether oxygens (including phenoxy) is 1. The first-order valence-corrected chi connectivity index (χ1v) is 10.7. The molecule has 9 nitrogen and oxygen atoms in total. The second kappa shape index (κ2) is 8.58. The summed E-state index contributed by atoms with van der Waals surface area (Å²) in [5.41, 5.74) is 9.21. The molecule has 2 aromatic rings. The van der Waals surface area contributed by atoms with Gasteiger partial charge in [-0.3, -0.25) is 0 Å². The molecule has 1 aromatic carbocycles. The summed E-state index contributed by atoms with van der Waals surface area (Å²) in [7, 11) is 0. The maximum Gasteiger partial charge on any atom is 0.336 e. The second-order valence-electron chi connectivity index (χ2n) is 8.40. The average Bonchev–Trinajstić information content (AvgIpc) is 2.77. The maximum atomic E-state index is 11.8. The van der Waals surface area contributed by atoms with Crippen molar-refractivity contribution in [1.29, 1.82) is 0 Å². The summed E-state index contributed by atoms with van der Waals surface area (Å²) < 4.78 is 6.19. The molecule has 6 N–H and O–H groups in total. The van der Waals surface area contributed by atoms with Gasteiger partial charge in [-0.15, -0.1) is 0 Å². The minimum absolute atomic E-state index is 0.0797. The lowest BCUT2D eigenvalue weighted by molar-refractivity contribution is -0.133. The number of nitrogens with two attached hydrogens (primary N) is 1. The van der Waals surface area contributed by atoms with Gasteiger partial charge in [-0.25, -0.2) is 9.78 Å². The van der Waals surface area contributed by atoms with E-state index in [1.54, 1.807) is 6.20 Å². The normalized spacial score (nSPS) is 19.2. The number of anilines is 4. The van der Waals surface area contributed by atoms with Crippen molar-refractivity contribution in [2.24, 2.45) is 5.92 Å². The fraction of sp³-hybridized carbons (Fsp3) is 0.391. The van der Waals surface area contributed by atoms with E-state index in [9.17, 15) is 15.0 Å². The predicted molar refractivity (Wildman–Crippen MR) is 124 cm³/mol. The zero-order valence-electron chi connectivity index (χ0n) is 18.4. The van der Waals surface area contributed by atoms with Crippen LogP contribution in [0.5, 0.6) is 5.75 Å². The zero-order valence-corrected chi connectivity index (χ0v) is 18.4. The largest absolute Gasteiger partial charge is 0.487 e. The van der Waals surface area contributed by atoms with Gasteiger partial charge in [0.05, 0.1) is 23.0 Å². The molecule has 2 unspecified atom stereocenters. The number of carbonyl (C=O) groups is 1. The SMILES string of the molecule is Cc1c(N)c2c3c(c1NCCNc1ccccn1)OCC(C(C)C)N3C=C(C(=O)O)C2O. The van der Waals surface area contributed by atoms with E-state index in [1.165, 1.54) is 6.20 Å². The number of carboxylic acid groups (broad SMARTS) is 1. The Kier molecular flexibility index (Phi) is 5.84. The molecule has 2 aliphatic heterocycles. The number of rotatable bonds is 7. The average molecular weight is 440 g/mol. The number of nitrogens with one attached hydrogen (secondary N) is 2. The van der Waals surface area contributed by atoms with Gasteiger partial charge in [0.15, 0.2) is 5.75 Å². The lowest BCUT2D eigenvalue weighted by Gasteiger charge is -2.44. The minimum Gasteiger partial charge on any atom is -0.487 e. The highest BCUT2D eigenvalue weighted by Crippen LogP contribution is 2.54. The van der Waals surface area contributed by atoms with Gasteiger partial charge in [-0.05, 0) is 30.5 Å². The maximum absolute atomic E-state index is 11.8. The fourth-order valence-electron chi connectivity index (χ4n) is 4.24. The van der Waals surface area contributed by atoms with Crippen LogP contribution in [0.4, 0.5) is 22.9 Å². The van der Waals surface area contributed by atoms with Crippen molar-refractivity contribution in [3.8, 4) is 5.75 Å². The first kappa shape index (κ1) is 21.8. The molecule has 2 atom stereocenters. The highest BCUT2D eigenvalue weighted by atomic mass is 16.5. The van der Waals surface area contributed by atoms with Crippen molar-refractivity contribution < 1.29 is 19.7 Å². The van der Waals surface area contributed by atoms with Crippen LogP contribution in [-0.2, 0) is 4.79 Å². The van der Waals surface area contributed by atoms with E-state index in [4.69, 9.17) is 10.5 Å². The standard InChI is InChI=1S/C23H29N5O4/c1-12(2)15-11-32-22-19(27-9-8-26-16-6-4-5-7-25-16)13(3)18(24)17-20(22)28(15)10-14(21(17)29)23(30)31/h4-7,10,12,15,21,27,29H,8-9,11,24H2,1-3H3,(H,25,26)(H,30,31). The van der Waals surface area contributed by atoms with Crippen molar-refractivity contribution in [2.75, 3.05) is 41.0 Å². The van der Waals surface area contributed by atoms with E-state index >= 15 is 0 Å². The summed E-state index contributed by atoms with van der Waals surface area (Å²) in [4.78, 5) is 18.0. The van der Waals surface area contributed by atoms with Gasteiger partial charge >= 0.3 is 5.97 Å². The Labute approximate surface area is 186 Å². The molecule has 0 spiro atoms. The molecule has 2 aliphatic rings. The lowest BCUT2D eigenvalue weighted by atomic mass is 9.88. The Bertz CT molecular complexity index is 1050. The second-order valence-corrected chi connectivity index (χ2v) is 8.40. The molecule has 0 amide bonds. The molecule has 3 heterocycles. The third kappa shape index (κ3) is 3.69. The molecule has 0 radical (unpaired) electrons. The van der Waals surface area contributed by atoms with E-state index in [2.05, 4.69) is 29.5 Å². The molecule has 170 valence electrons. The Morgan fingerprint density at radius 2 is 2.09 bits per heavy atom. The highest BCUT2D eigenvalue weighted by molar-refractivity contribution is 5.95. The lowest BCUT2D eigenvalue weighted by Crippen LogP contribution is -2.46. The van der Waals surface area contributed by atoms with E-state index in [0.29, 0.717) is 47.9 Å². The van der Waals surface area contributed by atoms with Crippen LogP contribution in [0.25, 0.3) is 0 Å². The molecule has 0 saturated heterocycles. The molecule has 1 aromatic heterocycles. The van der Waals surface area contributed by atoms with Crippen molar-refractivity contribution in [3.05, 3.63) is 47.3 Å². The Balaban J connectivity index is 1.69. The quantitative estimate of drug-likeness (QED) is 0.326.